The van der Waals surface area contributed by atoms with Crippen molar-refractivity contribution in [1.29, 1.82) is 0 Å². The van der Waals surface area contributed by atoms with E-state index < -0.39 is 5.60 Å². The zero-order valence-corrected chi connectivity index (χ0v) is 7.99. The molecule has 1 amide bonds. The van der Waals surface area contributed by atoms with E-state index in [4.69, 9.17) is 4.74 Å². The third-order valence-corrected chi connectivity index (χ3v) is 1.84. The van der Waals surface area contributed by atoms with Gasteiger partial charge in [0.25, 0.3) is 0 Å². The topological polar surface area (TPSA) is 49.8 Å². The minimum atomic E-state index is -0.926. The second-order valence-electron chi connectivity index (χ2n) is 3.34. The Hall–Kier alpha value is -1.03. The number of ether oxygens (including phenoxy) is 1. The molecule has 1 aliphatic rings. The fraction of sp³-hybridized carbons (Fsp3) is 0.667. The van der Waals surface area contributed by atoms with E-state index in [-0.39, 0.29) is 6.09 Å². The first-order valence-electron chi connectivity index (χ1n) is 4.37. The molecule has 4 nitrogen and oxygen atoms in total. The minimum Gasteiger partial charge on any atom is -0.450 e. The normalized spacial score (nSPS) is 27.5. The maximum atomic E-state index is 11.2. The Labute approximate surface area is 77.8 Å². The Kier molecular flexibility index (Phi) is 2.93. The molecule has 1 heterocycles. The molecule has 74 valence electrons. The molecular weight excluding hydrogens is 170 g/mol. The molecule has 0 aromatic carbocycles. The molecule has 0 radical (unpaired) electrons. The number of β-amino-alcohol motifs (C(OH)–C–C–N with tert-alkyl or cyclic N) is 1. The molecule has 0 bridgehead atoms. The van der Waals surface area contributed by atoms with E-state index in [2.05, 4.69) is 0 Å². The molecule has 1 rings (SSSR count). The molecule has 0 aromatic rings. The standard InChI is InChI=1S/C9H15NO3/c1-3-13-8(11)10-6-4-5-9(2,12)7-10/h4-5,12H,3,6-7H2,1-2H3. The quantitative estimate of drug-likeness (QED) is 0.614. The van der Waals surface area contributed by atoms with Crippen molar-refractivity contribution in [2.24, 2.45) is 0 Å². The maximum Gasteiger partial charge on any atom is 0.410 e. The first kappa shape index (κ1) is 10.1. The van der Waals surface area contributed by atoms with Crippen LogP contribution in [-0.4, -0.2) is 41.4 Å². The first-order valence-corrected chi connectivity index (χ1v) is 4.37. The van der Waals surface area contributed by atoms with Gasteiger partial charge in [-0.25, -0.2) is 4.79 Å². The number of carbonyl (C=O) groups excluding carboxylic acids is 1. The largest absolute Gasteiger partial charge is 0.450 e. The van der Waals surface area contributed by atoms with Gasteiger partial charge in [-0.2, -0.15) is 0 Å². The van der Waals surface area contributed by atoms with Crippen LogP contribution >= 0.6 is 0 Å². The summed E-state index contributed by atoms with van der Waals surface area (Å²) in [7, 11) is 0. The van der Waals surface area contributed by atoms with E-state index in [0.29, 0.717) is 19.7 Å². The predicted octanol–water partition coefficient (Wildman–Crippen LogP) is 0.766. The Bertz CT molecular complexity index is 223. The lowest BCUT2D eigenvalue weighted by atomic mass is 10.0. The van der Waals surface area contributed by atoms with Crippen LogP contribution in [0.4, 0.5) is 4.79 Å². The Balaban J connectivity index is 2.55. The van der Waals surface area contributed by atoms with Crippen LogP contribution in [0.3, 0.4) is 0 Å². The summed E-state index contributed by atoms with van der Waals surface area (Å²) in [5.41, 5.74) is -0.926. The summed E-state index contributed by atoms with van der Waals surface area (Å²) in [5.74, 6) is 0. The van der Waals surface area contributed by atoms with Crippen LogP contribution in [0.1, 0.15) is 13.8 Å². The number of rotatable bonds is 1. The smallest absolute Gasteiger partial charge is 0.410 e. The van der Waals surface area contributed by atoms with Crippen LogP contribution in [-0.2, 0) is 4.74 Å². The van der Waals surface area contributed by atoms with Gasteiger partial charge in [-0.05, 0) is 13.8 Å². The molecule has 0 saturated heterocycles. The van der Waals surface area contributed by atoms with E-state index in [1.54, 1.807) is 26.0 Å². The predicted molar refractivity (Wildman–Crippen MR) is 48.4 cm³/mol. The van der Waals surface area contributed by atoms with Crippen molar-refractivity contribution in [1.82, 2.24) is 4.90 Å². The second kappa shape index (κ2) is 3.79. The van der Waals surface area contributed by atoms with Gasteiger partial charge in [-0.3, -0.25) is 0 Å². The molecule has 1 N–H and O–H groups in total. The number of carbonyl (C=O) groups is 1. The van der Waals surface area contributed by atoms with Crippen LogP contribution in [0.5, 0.6) is 0 Å². The fourth-order valence-electron chi connectivity index (χ4n) is 1.29. The molecule has 0 aromatic heterocycles. The van der Waals surface area contributed by atoms with Crippen molar-refractivity contribution >= 4 is 6.09 Å². The molecule has 0 saturated carbocycles. The van der Waals surface area contributed by atoms with Crippen molar-refractivity contribution in [2.45, 2.75) is 19.4 Å². The van der Waals surface area contributed by atoms with Gasteiger partial charge < -0.3 is 14.7 Å². The third kappa shape index (κ3) is 2.73. The van der Waals surface area contributed by atoms with Gasteiger partial charge in [0.2, 0.25) is 0 Å². The first-order chi connectivity index (χ1) is 6.05. The van der Waals surface area contributed by atoms with Crippen molar-refractivity contribution < 1.29 is 14.6 Å². The van der Waals surface area contributed by atoms with Gasteiger partial charge in [0.15, 0.2) is 0 Å². The number of amides is 1. The monoisotopic (exact) mass is 185 g/mol. The average molecular weight is 185 g/mol. The van der Waals surface area contributed by atoms with E-state index >= 15 is 0 Å². The van der Waals surface area contributed by atoms with Gasteiger partial charge in [0.1, 0.15) is 0 Å². The summed E-state index contributed by atoms with van der Waals surface area (Å²) < 4.78 is 4.82. The summed E-state index contributed by atoms with van der Waals surface area (Å²) in [6, 6.07) is 0. The van der Waals surface area contributed by atoms with Crippen molar-refractivity contribution in [3.05, 3.63) is 12.2 Å². The molecule has 0 spiro atoms. The Morgan fingerprint density at radius 1 is 1.77 bits per heavy atom. The highest BCUT2D eigenvalue weighted by Gasteiger charge is 2.27. The van der Waals surface area contributed by atoms with Crippen LogP contribution in [0.25, 0.3) is 0 Å². The summed E-state index contributed by atoms with van der Waals surface area (Å²) in [4.78, 5) is 12.7. The fourth-order valence-corrected chi connectivity index (χ4v) is 1.29. The molecule has 1 atom stereocenters. The van der Waals surface area contributed by atoms with E-state index in [0.717, 1.165) is 0 Å². The Morgan fingerprint density at radius 2 is 2.46 bits per heavy atom. The summed E-state index contributed by atoms with van der Waals surface area (Å²) >= 11 is 0. The Morgan fingerprint density at radius 3 is 3.00 bits per heavy atom. The highest BCUT2D eigenvalue weighted by Crippen LogP contribution is 2.14. The molecule has 0 aliphatic carbocycles. The van der Waals surface area contributed by atoms with Gasteiger partial charge in [0, 0.05) is 6.54 Å². The number of hydrogen-bond donors (Lipinski definition) is 1. The zero-order valence-electron chi connectivity index (χ0n) is 7.99. The highest BCUT2D eigenvalue weighted by atomic mass is 16.6. The van der Waals surface area contributed by atoms with Crippen LogP contribution in [0.15, 0.2) is 12.2 Å². The van der Waals surface area contributed by atoms with Crippen molar-refractivity contribution in [3.8, 4) is 0 Å². The summed E-state index contributed by atoms with van der Waals surface area (Å²) in [6.07, 6.45) is 3.09. The van der Waals surface area contributed by atoms with E-state index in [1.807, 2.05) is 0 Å². The van der Waals surface area contributed by atoms with Gasteiger partial charge in [-0.15, -0.1) is 0 Å². The van der Waals surface area contributed by atoms with E-state index in [1.165, 1.54) is 4.90 Å². The number of aliphatic hydroxyl groups is 1. The van der Waals surface area contributed by atoms with Crippen molar-refractivity contribution in [2.75, 3.05) is 19.7 Å². The molecule has 0 fully saturated rings. The summed E-state index contributed by atoms with van der Waals surface area (Å²) in [6.45, 7) is 4.59. The second-order valence-corrected chi connectivity index (χ2v) is 3.34. The maximum absolute atomic E-state index is 11.2. The lowest BCUT2D eigenvalue weighted by molar-refractivity contribution is 0.0444. The average Bonchev–Trinajstić information content (AvgIpc) is 2.03. The minimum absolute atomic E-state index is 0.294. The SMILES string of the molecule is CCOC(=O)N1CC=CC(C)(O)C1. The molecule has 4 heteroatoms. The molecular formula is C9H15NO3. The van der Waals surface area contributed by atoms with Crippen LogP contribution in [0, 0.1) is 0 Å². The highest BCUT2D eigenvalue weighted by molar-refractivity contribution is 5.68. The van der Waals surface area contributed by atoms with E-state index in [9.17, 15) is 9.90 Å². The lowest BCUT2D eigenvalue weighted by Crippen LogP contribution is -2.46. The van der Waals surface area contributed by atoms with Gasteiger partial charge in [0.05, 0.1) is 18.8 Å². The molecule has 13 heavy (non-hydrogen) atoms. The number of nitrogens with zero attached hydrogens (tertiary/aromatic N) is 1. The zero-order chi connectivity index (χ0) is 9.90. The third-order valence-electron chi connectivity index (χ3n) is 1.84. The van der Waals surface area contributed by atoms with Crippen LogP contribution < -0.4 is 0 Å². The van der Waals surface area contributed by atoms with Crippen LogP contribution in [0.2, 0.25) is 0 Å². The number of hydrogen-bond acceptors (Lipinski definition) is 3. The summed E-state index contributed by atoms with van der Waals surface area (Å²) in [5, 5.41) is 9.63. The lowest BCUT2D eigenvalue weighted by Gasteiger charge is -2.31. The van der Waals surface area contributed by atoms with Crippen molar-refractivity contribution in [3.63, 3.8) is 0 Å². The molecule has 1 unspecified atom stereocenters. The van der Waals surface area contributed by atoms with Gasteiger partial charge >= 0.3 is 6.09 Å². The molecule has 1 aliphatic heterocycles. The van der Waals surface area contributed by atoms with Gasteiger partial charge in [-0.1, -0.05) is 12.2 Å².